The average Bonchev–Trinajstić information content (AvgIpc) is 2.97. The molecule has 2 aromatic carbocycles. The number of thioether (sulfide) groups is 1. The third kappa shape index (κ3) is 3.76. The molecular formula is C18H20ClN3O2S2. The fourth-order valence-electron chi connectivity index (χ4n) is 2.67. The predicted octanol–water partition coefficient (Wildman–Crippen LogP) is 4.00. The summed E-state index contributed by atoms with van der Waals surface area (Å²) in [6, 6.07) is 15.0. The zero-order valence-electron chi connectivity index (χ0n) is 14.8. The van der Waals surface area contributed by atoms with Crippen molar-refractivity contribution in [3.05, 3.63) is 59.1 Å². The molecule has 1 saturated heterocycles. The van der Waals surface area contributed by atoms with Crippen molar-refractivity contribution in [2.75, 3.05) is 26.9 Å². The van der Waals surface area contributed by atoms with Crippen LogP contribution in [0.5, 0.6) is 0 Å². The molecule has 0 N–H and O–H groups in total. The normalized spacial score (nSPS) is 19.5. The van der Waals surface area contributed by atoms with Crippen molar-refractivity contribution >= 4 is 44.2 Å². The number of amidine groups is 1. The van der Waals surface area contributed by atoms with E-state index in [0.717, 1.165) is 22.2 Å². The summed E-state index contributed by atoms with van der Waals surface area (Å²) in [7, 11) is 1.38. The second-order valence-electron chi connectivity index (χ2n) is 6.14. The van der Waals surface area contributed by atoms with E-state index in [-0.39, 0.29) is 16.0 Å². The maximum absolute atomic E-state index is 12.5. The van der Waals surface area contributed by atoms with Gasteiger partial charge in [0.05, 0.1) is 16.8 Å². The van der Waals surface area contributed by atoms with E-state index < -0.39 is 10.0 Å². The van der Waals surface area contributed by atoms with Crippen LogP contribution in [0.4, 0.5) is 5.69 Å². The molecule has 1 heterocycles. The van der Waals surface area contributed by atoms with Gasteiger partial charge in [0.1, 0.15) is 4.90 Å². The number of para-hydroxylation sites is 1. The Bertz CT molecular complexity index is 931. The molecule has 0 bridgehead atoms. The topological polar surface area (TPSA) is 53.0 Å². The maximum Gasteiger partial charge on any atom is 0.244 e. The zero-order chi connectivity index (χ0) is 18.9. The highest BCUT2D eigenvalue weighted by Crippen LogP contribution is 2.37. The minimum absolute atomic E-state index is 0.0378. The minimum Gasteiger partial charge on any atom is -0.346 e. The van der Waals surface area contributed by atoms with Gasteiger partial charge in [-0.05, 0) is 29.8 Å². The zero-order valence-corrected chi connectivity index (χ0v) is 17.1. The van der Waals surface area contributed by atoms with Crippen LogP contribution < -0.4 is 0 Å². The molecule has 0 aliphatic carbocycles. The SMILES string of the molecule is CN1C(=Nc2ccccc2)SCC1c1ccc(Cl)c(S(=O)(=O)N(C)C)c1. The lowest BCUT2D eigenvalue weighted by atomic mass is 10.1. The molecule has 5 nitrogen and oxygen atoms in total. The Hall–Kier alpha value is -1.54. The summed E-state index contributed by atoms with van der Waals surface area (Å²) in [6.07, 6.45) is 0. The number of halogens is 1. The van der Waals surface area contributed by atoms with Gasteiger partial charge in [0.15, 0.2) is 5.17 Å². The van der Waals surface area contributed by atoms with Gasteiger partial charge in [-0.1, -0.05) is 47.6 Å². The first-order valence-electron chi connectivity index (χ1n) is 8.02. The molecule has 3 rings (SSSR count). The quantitative estimate of drug-likeness (QED) is 0.765. The van der Waals surface area contributed by atoms with Crippen LogP contribution in [0.15, 0.2) is 58.4 Å². The van der Waals surface area contributed by atoms with E-state index >= 15 is 0 Å². The molecule has 1 aliphatic heterocycles. The third-order valence-electron chi connectivity index (χ3n) is 4.22. The second-order valence-corrected chi connectivity index (χ2v) is 9.66. The predicted molar refractivity (Wildman–Crippen MR) is 109 cm³/mol. The molecule has 8 heteroatoms. The van der Waals surface area contributed by atoms with Gasteiger partial charge in [-0.3, -0.25) is 0 Å². The average molecular weight is 410 g/mol. The summed E-state index contributed by atoms with van der Waals surface area (Å²) in [5.41, 5.74) is 1.80. The Morgan fingerprint density at radius 1 is 1.19 bits per heavy atom. The molecule has 1 atom stereocenters. The molecule has 0 radical (unpaired) electrons. The third-order valence-corrected chi connectivity index (χ3v) is 7.64. The summed E-state index contributed by atoms with van der Waals surface area (Å²) >= 11 is 7.81. The van der Waals surface area contributed by atoms with Crippen LogP contribution in [-0.4, -0.2) is 49.7 Å². The Kier molecular flexibility index (Phi) is 5.62. The van der Waals surface area contributed by atoms with Crippen LogP contribution in [0.2, 0.25) is 5.02 Å². The molecule has 0 amide bonds. The lowest BCUT2D eigenvalue weighted by Gasteiger charge is -2.22. The van der Waals surface area contributed by atoms with Crippen molar-refractivity contribution in [3.8, 4) is 0 Å². The second kappa shape index (κ2) is 7.60. The van der Waals surface area contributed by atoms with Gasteiger partial charge in [-0.15, -0.1) is 0 Å². The minimum atomic E-state index is -3.59. The molecular weight excluding hydrogens is 390 g/mol. The molecule has 1 aliphatic rings. The summed E-state index contributed by atoms with van der Waals surface area (Å²) < 4.78 is 26.2. The highest BCUT2D eigenvalue weighted by atomic mass is 35.5. The number of rotatable bonds is 4. The highest BCUT2D eigenvalue weighted by molar-refractivity contribution is 8.14. The molecule has 138 valence electrons. The number of benzene rings is 2. The molecule has 2 aromatic rings. The fraction of sp³-hybridized carbons (Fsp3) is 0.278. The molecule has 0 spiro atoms. The largest absolute Gasteiger partial charge is 0.346 e. The molecule has 1 fully saturated rings. The number of aliphatic imine (C=N–C) groups is 1. The van der Waals surface area contributed by atoms with E-state index in [9.17, 15) is 8.42 Å². The summed E-state index contributed by atoms with van der Waals surface area (Å²) in [4.78, 5) is 6.89. The van der Waals surface area contributed by atoms with E-state index in [0.29, 0.717) is 0 Å². The van der Waals surface area contributed by atoms with Crippen LogP contribution >= 0.6 is 23.4 Å². The van der Waals surface area contributed by atoms with Crippen LogP contribution in [0.25, 0.3) is 0 Å². The first kappa shape index (κ1) is 19.2. The van der Waals surface area contributed by atoms with E-state index in [1.54, 1.807) is 23.9 Å². The van der Waals surface area contributed by atoms with Gasteiger partial charge in [0, 0.05) is 26.9 Å². The molecule has 1 unspecified atom stereocenters. The number of hydrogen-bond acceptors (Lipinski definition) is 4. The van der Waals surface area contributed by atoms with Crippen LogP contribution in [0.3, 0.4) is 0 Å². The van der Waals surface area contributed by atoms with E-state index in [1.165, 1.54) is 18.4 Å². The molecule has 0 saturated carbocycles. The summed E-state index contributed by atoms with van der Waals surface area (Å²) in [6.45, 7) is 0. The number of hydrogen-bond donors (Lipinski definition) is 0. The number of nitrogens with zero attached hydrogens (tertiary/aromatic N) is 3. The van der Waals surface area contributed by atoms with Crippen molar-refractivity contribution in [1.29, 1.82) is 0 Å². The Morgan fingerprint density at radius 3 is 2.54 bits per heavy atom. The summed E-state index contributed by atoms with van der Waals surface area (Å²) in [5.74, 6) is 0.797. The first-order chi connectivity index (χ1) is 12.3. The maximum atomic E-state index is 12.5. The van der Waals surface area contributed by atoms with E-state index in [1.807, 2.05) is 43.4 Å². The molecule has 0 aromatic heterocycles. The van der Waals surface area contributed by atoms with E-state index in [2.05, 4.69) is 9.89 Å². The van der Waals surface area contributed by atoms with Gasteiger partial charge >= 0.3 is 0 Å². The monoisotopic (exact) mass is 409 g/mol. The van der Waals surface area contributed by atoms with Crippen LogP contribution in [0.1, 0.15) is 11.6 Å². The summed E-state index contributed by atoms with van der Waals surface area (Å²) in [5, 5.41) is 1.14. The van der Waals surface area contributed by atoms with Gasteiger partial charge in [0.2, 0.25) is 10.0 Å². The van der Waals surface area contributed by atoms with Crippen molar-refractivity contribution in [1.82, 2.24) is 9.21 Å². The van der Waals surface area contributed by atoms with Gasteiger partial charge in [0.25, 0.3) is 0 Å². The van der Waals surface area contributed by atoms with Crippen LogP contribution in [-0.2, 0) is 10.0 Å². The fourth-order valence-corrected chi connectivity index (χ4v) is 5.29. The Labute approximate surface area is 163 Å². The van der Waals surface area contributed by atoms with Crippen molar-refractivity contribution in [3.63, 3.8) is 0 Å². The van der Waals surface area contributed by atoms with Gasteiger partial charge in [-0.2, -0.15) is 0 Å². The lowest BCUT2D eigenvalue weighted by Crippen LogP contribution is -2.25. The Balaban J connectivity index is 1.92. The van der Waals surface area contributed by atoms with E-state index in [4.69, 9.17) is 11.6 Å². The van der Waals surface area contributed by atoms with Crippen LogP contribution in [0, 0.1) is 0 Å². The Morgan fingerprint density at radius 2 is 1.88 bits per heavy atom. The first-order valence-corrected chi connectivity index (χ1v) is 10.8. The van der Waals surface area contributed by atoms with Gasteiger partial charge in [-0.25, -0.2) is 17.7 Å². The van der Waals surface area contributed by atoms with Crippen molar-refractivity contribution in [2.45, 2.75) is 10.9 Å². The molecule has 26 heavy (non-hydrogen) atoms. The highest BCUT2D eigenvalue weighted by Gasteiger charge is 2.30. The lowest BCUT2D eigenvalue weighted by molar-refractivity contribution is 0.427. The van der Waals surface area contributed by atoms with Gasteiger partial charge < -0.3 is 4.90 Å². The van der Waals surface area contributed by atoms with Crippen molar-refractivity contribution in [2.24, 2.45) is 4.99 Å². The standard InChI is InChI=1S/C18H20ClN3O2S2/c1-21(2)26(23,24)17-11-13(9-10-15(17)19)16-12-25-18(22(16)3)20-14-7-5-4-6-8-14/h4-11,16H,12H2,1-3H3. The van der Waals surface area contributed by atoms with Crippen molar-refractivity contribution < 1.29 is 8.42 Å². The smallest absolute Gasteiger partial charge is 0.244 e. The number of sulfonamides is 1.